The Bertz CT molecular complexity index is 1360. The second-order valence-electron chi connectivity index (χ2n) is 9.11. The standard InChI is InChI=1S/C30H26F3NO2/c1-2-25-12-14-28(36-25)26-13-9-23(19-27(26)21-7-10-24(31)11-8-21)20-3-5-22(6-4-20)29(35)34-17-15-30(32,33)16-18-34/h3-14,19H,2,15-18H2,1H3. The third-order valence-electron chi connectivity index (χ3n) is 6.70. The predicted molar refractivity (Wildman–Crippen MR) is 134 cm³/mol. The van der Waals surface area contributed by atoms with E-state index in [0.29, 0.717) is 5.56 Å². The van der Waals surface area contributed by atoms with Crippen LogP contribution < -0.4 is 0 Å². The highest BCUT2D eigenvalue weighted by Gasteiger charge is 2.35. The van der Waals surface area contributed by atoms with Gasteiger partial charge in [0.05, 0.1) is 0 Å². The van der Waals surface area contributed by atoms with Crippen LogP contribution >= 0.6 is 0 Å². The zero-order valence-electron chi connectivity index (χ0n) is 19.9. The molecule has 0 aliphatic carbocycles. The lowest BCUT2D eigenvalue weighted by Gasteiger charge is -2.31. The maximum absolute atomic E-state index is 13.6. The molecule has 1 aromatic heterocycles. The Balaban J connectivity index is 1.45. The Hall–Kier alpha value is -3.80. The first-order valence-electron chi connectivity index (χ1n) is 12.1. The van der Waals surface area contributed by atoms with E-state index in [9.17, 15) is 18.0 Å². The fourth-order valence-electron chi connectivity index (χ4n) is 4.54. The van der Waals surface area contributed by atoms with Crippen molar-refractivity contribution in [2.45, 2.75) is 32.1 Å². The van der Waals surface area contributed by atoms with Crippen molar-refractivity contribution < 1.29 is 22.4 Å². The van der Waals surface area contributed by atoms with Gasteiger partial charge in [-0.3, -0.25) is 4.79 Å². The van der Waals surface area contributed by atoms with Gasteiger partial charge in [-0.15, -0.1) is 0 Å². The number of furan rings is 1. The molecule has 0 N–H and O–H groups in total. The summed E-state index contributed by atoms with van der Waals surface area (Å²) in [6, 6.07) is 23.4. The monoisotopic (exact) mass is 489 g/mol. The van der Waals surface area contributed by atoms with E-state index in [0.717, 1.165) is 45.8 Å². The van der Waals surface area contributed by atoms with Crippen molar-refractivity contribution in [3.8, 4) is 33.6 Å². The molecule has 36 heavy (non-hydrogen) atoms. The van der Waals surface area contributed by atoms with Crippen LogP contribution in [0.5, 0.6) is 0 Å². The lowest BCUT2D eigenvalue weighted by atomic mass is 9.93. The van der Waals surface area contributed by atoms with Crippen molar-refractivity contribution in [3.63, 3.8) is 0 Å². The molecule has 3 aromatic carbocycles. The highest BCUT2D eigenvalue weighted by molar-refractivity contribution is 5.95. The molecule has 1 saturated heterocycles. The minimum absolute atomic E-state index is 0.0581. The second-order valence-corrected chi connectivity index (χ2v) is 9.11. The van der Waals surface area contributed by atoms with Gasteiger partial charge in [0.1, 0.15) is 17.3 Å². The largest absolute Gasteiger partial charge is 0.461 e. The van der Waals surface area contributed by atoms with Crippen molar-refractivity contribution >= 4 is 5.91 Å². The number of halogens is 3. The first-order chi connectivity index (χ1) is 17.3. The highest BCUT2D eigenvalue weighted by atomic mass is 19.3. The first kappa shape index (κ1) is 23.9. The number of hydrogen-bond donors (Lipinski definition) is 0. The molecule has 1 fully saturated rings. The summed E-state index contributed by atoms with van der Waals surface area (Å²) in [5, 5.41) is 0. The fraction of sp³-hybridized carbons (Fsp3) is 0.233. The van der Waals surface area contributed by atoms with E-state index in [-0.39, 0.29) is 37.7 Å². The van der Waals surface area contributed by atoms with Crippen LogP contribution in [0.1, 0.15) is 35.9 Å². The Morgan fingerprint density at radius 3 is 2.11 bits per heavy atom. The van der Waals surface area contributed by atoms with Crippen LogP contribution in [0.25, 0.3) is 33.6 Å². The van der Waals surface area contributed by atoms with Crippen molar-refractivity contribution in [2.75, 3.05) is 13.1 Å². The third-order valence-corrected chi connectivity index (χ3v) is 6.70. The number of carbonyl (C=O) groups excluding carboxylic acids is 1. The topological polar surface area (TPSA) is 33.5 Å². The van der Waals surface area contributed by atoms with Gasteiger partial charge in [-0.2, -0.15) is 0 Å². The summed E-state index contributed by atoms with van der Waals surface area (Å²) in [6.45, 7) is 2.15. The lowest BCUT2D eigenvalue weighted by molar-refractivity contribution is -0.0494. The van der Waals surface area contributed by atoms with E-state index in [1.54, 1.807) is 24.3 Å². The molecular weight excluding hydrogens is 463 g/mol. The summed E-state index contributed by atoms with van der Waals surface area (Å²) in [5.74, 6) is -1.60. The van der Waals surface area contributed by atoms with Gasteiger partial charge in [-0.1, -0.05) is 37.3 Å². The molecule has 6 heteroatoms. The molecule has 3 nitrogen and oxygen atoms in total. The minimum atomic E-state index is -2.69. The van der Waals surface area contributed by atoms with E-state index in [1.165, 1.54) is 17.0 Å². The normalized spacial score (nSPS) is 15.2. The molecule has 2 heterocycles. The average molecular weight is 490 g/mol. The number of nitrogens with zero attached hydrogens (tertiary/aromatic N) is 1. The lowest BCUT2D eigenvalue weighted by Crippen LogP contribution is -2.42. The number of benzene rings is 3. The zero-order chi connectivity index (χ0) is 25.3. The minimum Gasteiger partial charge on any atom is -0.461 e. The Labute approximate surface area is 208 Å². The van der Waals surface area contributed by atoms with Crippen LogP contribution in [-0.4, -0.2) is 29.8 Å². The van der Waals surface area contributed by atoms with E-state index >= 15 is 0 Å². The molecule has 0 spiro atoms. The van der Waals surface area contributed by atoms with Gasteiger partial charge in [0.25, 0.3) is 11.8 Å². The van der Waals surface area contributed by atoms with Gasteiger partial charge in [-0.25, -0.2) is 13.2 Å². The van der Waals surface area contributed by atoms with Crippen molar-refractivity contribution in [2.24, 2.45) is 0 Å². The molecule has 0 saturated carbocycles. The molecule has 1 aliphatic heterocycles. The van der Waals surface area contributed by atoms with Crippen LogP contribution in [-0.2, 0) is 6.42 Å². The maximum Gasteiger partial charge on any atom is 0.253 e. The van der Waals surface area contributed by atoms with Gasteiger partial charge in [0, 0.05) is 43.5 Å². The summed E-state index contributed by atoms with van der Waals surface area (Å²) in [6.07, 6.45) is 0.185. The van der Waals surface area contributed by atoms with Crippen LogP contribution in [0.4, 0.5) is 13.2 Å². The number of carbonyl (C=O) groups is 1. The molecule has 0 atom stereocenters. The van der Waals surface area contributed by atoms with Gasteiger partial charge in [0.2, 0.25) is 0 Å². The van der Waals surface area contributed by atoms with Crippen molar-refractivity contribution in [1.29, 1.82) is 0 Å². The second kappa shape index (κ2) is 9.69. The van der Waals surface area contributed by atoms with Gasteiger partial charge < -0.3 is 9.32 Å². The molecule has 0 unspecified atom stereocenters. The number of piperidine rings is 1. The summed E-state index contributed by atoms with van der Waals surface area (Å²) >= 11 is 0. The summed E-state index contributed by atoms with van der Waals surface area (Å²) in [7, 11) is 0. The van der Waals surface area contributed by atoms with Gasteiger partial charge in [0.15, 0.2) is 0 Å². The number of rotatable bonds is 5. The molecule has 0 bridgehead atoms. The average Bonchev–Trinajstić information content (AvgIpc) is 3.38. The smallest absolute Gasteiger partial charge is 0.253 e. The molecule has 0 radical (unpaired) electrons. The molecule has 4 aromatic rings. The molecule has 1 amide bonds. The van der Waals surface area contributed by atoms with Crippen LogP contribution in [0.3, 0.4) is 0 Å². The van der Waals surface area contributed by atoms with Crippen LogP contribution in [0.15, 0.2) is 83.3 Å². The summed E-state index contributed by atoms with van der Waals surface area (Å²) < 4.78 is 46.5. The van der Waals surface area contributed by atoms with E-state index < -0.39 is 5.92 Å². The van der Waals surface area contributed by atoms with Crippen molar-refractivity contribution in [1.82, 2.24) is 4.90 Å². The van der Waals surface area contributed by atoms with Crippen LogP contribution in [0.2, 0.25) is 0 Å². The summed E-state index contributed by atoms with van der Waals surface area (Å²) in [4.78, 5) is 14.3. The molecule has 1 aliphatic rings. The van der Waals surface area contributed by atoms with E-state index in [2.05, 4.69) is 0 Å². The Morgan fingerprint density at radius 1 is 0.833 bits per heavy atom. The molecule has 184 valence electrons. The van der Waals surface area contributed by atoms with E-state index in [4.69, 9.17) is 4.42 Å². The quantitative estimate of drug-likeness (QED) is 0.286. The van der Waals surface area contributed by atoms with Gasteiger partial charge in [-0.05, 0) is 70.8 Å². The maximum atomic E-state index is 13.6. The zero-order valence-corrected chi connectivity index (χ0v) is 19.9. The first-order valence-corrected chi connectivity index (χ1v) is 12.1. The SMILES string of the molecule is CCc1ccc(-c2ccc(-c3ccc(C(=O)N4CCC(F)(F)CC4)cc3)cc2-c2ccc(F)cc2)o1. The van der Waals surface area contributed by atoms with E-state index in [1.807, 2.05) is 49.4 Å². The summed E-state index contributed by atoms with van der Waals surface area (Å²) in [5.41, 5.74) is 4.97. The number of aryl methyl sites for hydroxylation is 1. The Kier molecular flexibility index (Phi) is 6.44. The van der Waals surface area contributed by atoms with Crippen molar-refractivity contribution in [3.05, 3.63) is 96.0 Å². The predicted octanol–water partition coefficient (Wildman–Crippen LogP) is 7.85. The van der Waals surface area contributed by atoms with Gasteiger partial charge >= 0.3 is 0 Å². The van der Waals surface area contributed by atoms with Crippen LogP contribution in [0, 0.1) is 5.82 Å². The number of alkyl halides is 2. The molecular formula is C30H26F3NO2. The Morgan fingerprint density at radius 2 is 1.47 bits per heavy atom. The number of amides is 1. The molecule has 5 rings (SSSR count). The third kappa shape index (κ3) is 4.94. The highest BCUT2D eigenvalue weighted by Crippen LogP contribution is 2.37. The number of likely N-dealkylation sites (tertiary alicyclic amines) is 1. The number of hydrogen-bond acceptors (Lipinski definition) is 2. The fourth-order valence-corrected chi connectivity index (χ4v) is 4.54.